The van der Waals surface area contributed by atoms with Crippen LogP contribution in [0.25, 0.3) is 0 Å². The van der Waals surface area contributed by atoms with Gasteiger partial charge in [0.15, 0.2) is 0 Å². The molecule has 1 saturated heterocycles. The lowest BCUT2D eigenvalue weighted by Crippen LogP contribution is -2.45. The van der Waals surface area contributed by atoms with Crippen molar-refractivity contribution in [2.75, 3.05) is 31.6 Å². The molecular weight excluding hydrogens is 346 g/mol. The van der Waals surface area contributed by atoms with E-state index < -0.39 is 14.8 Å². The Morgan fingerprint density at radius 1 is 1.36 bits per heavy atom. The molecule has 138 valence electrons. The molecule has 0 aromatic heterocycles. The van der Waals surface area contributed by atoms with Gasteiger partial charge in [0.2, 0.25) is 0 Å². The van der Waals surface area contributed by atoms with Crippen molar-refractivity contribution in [1.82, 2.24) is 10.2 Å². The molecule has 9 heteroatoms. The lowest BCUT2D eigenvalue weighted by Gasteiger charge is -2.32. The van der Waals surface area contributed by atoms with Gasteiger partial charge in [0, 0.05) is 49.1 Å². The molecule has 0 atom stereocenters. The van der Waals surface area contributed by atoms with E-state index in [-0.39, 0.29) is 23.4 Å². The molecule has 1 aliphatic heterocycles. The number of nitro groups is 1. The van der Waals surface area contributed by atoms with E-state index in [1.54, 1.807) is 6.92 Å². The number of carbonyl (C=O) groups excluding carboxylic acids is 1. The van der Waals surface area contributed by atoms with E-state index in [1.807, 2.05) is 0 Å². The predicted octanol–water partition coefficient (Wildman–Crippen LogP) is 1.14. The third-order valence-electron chi connectivity index (χ3n) is 4.36. The summed E-state index contributed by atoms with van der Waals surface area (Å²) in [5.74, 6) is -0.0980. The highest BCUT2D eigenvalue weighted by Gasteiger charge is 2.22. The topological polar surface area (TPSA) is 110 Å². The van der Waals surface area contributed by atoms with Crippen molar-refractivity contribution in [2.45, 2.75) is 25.8 Å². The summed E-state index contributed by atoms with van der Waals surface area (Å²) in [4.78, 5) is 24.8. The average molecular weight is 369 g/mol. The van der Waals surface area contributed by atoms with Crippen molar-refractivity contribution in [3.8, 4) is 0 Å². The Hall–Kier alpha value is -2.00. The summed E-state index contributed by atoms with van der Waals surface area (Å²) in [6.45, 7) is 3.59. The first kappa shape index (κ1) is 19.3. The number of amides is 1. The normalized spacial score (nSPS) is 16.6. The zero-order valence-electron chi connectivity index (χ0n) is 14.4. The zero-order chi connectivity index (χ0) is 18.6. The van der Waals surface area contributed by atoms with E-state index in [9.17, 15) is 23.3 Å². The van der Waals surface area contributed by atoms with E-state index in [0.717, 1.165) is 25.9 Å². The summed E-state index contributed by atoms with van der Waals surface area (Å²) in [6.07, 6.45) is 2.73. The van der Waals surface area contributed by atoms with Crippen LogP contribution in [0.4, 0.5) is 5.69 Å². The predicted molar refractivity (Wildman–Crippen MR) is 94.5 cm³/mol. The second-order valence-electron chi connectivity index (χ2n) is 6.48. The third-order valence-corrected chi connectivity index (χ3v) is 5.28. The summed E-state index contributed by atoms with van der Waals surface area (Å²) < 4.78 is 22.4. The molecule has 8 nitrogen and oxygen atoms in total. The van der Waals surface area contributed by atoms with Crippen LogP contribution in [0.3, 0.4) is 0 Å². The first-order valence-electron chi connectivity index (χ1n) is 8.12. The van der Waals surface area contributed by atoms with Gasteiger partial charge in [-0.3, -0.25) is 14.9 Å². The summed E-state index contributed by atoms with van der Waals surface area (Å²) in [7, 11) is -2.97. The van der Waals surface area contributed by atoms with Gasteiger partial charge >= 0.3 is 0 Å². The van der Waals surface area contributed by atoms with E-state index in [2.05, 4.69) is 10.2 Å². The maximum Gasteiger partial charge on any atom is 0.272 e. The van der Waals surface area contributed by atoms with Gasteiger partial charge in [0.05, 0.1) is 10.7 Å². The van der Waals surface area contributed by atoms with Crippen LogP contribution < -0.4 is 5.32 Å². The SMILES string of the molecule is Cc1cc(C(=O)NC2CCN(CCS(C)(=O)=O)CC2)ccc1[N+](=O)[O-]. The second kappa shape index (κ2) is 7.92. The minimum atomic E-state index is -2.97. The Bertz CT molecular complexity index is 755. The highest BCUT2D eigenvalue weighted by atomic mass is 32.2. The Kier molecular flexibility index (Phi) is 6.12. The van der Waals surface area contributed by atoms with Crippen LogP contribution in [-0.2, 0) is 9.84 Å². The molecule has 0 unspecified atom stereocenters. The lowest BCUT2D eigenvalue weighted by molar-refractivity contribution is -0.385. The van der Waals surface area contributed by atoms with E-state index >= 15 is 0 Å². The largest absolute Gasteiger partial charge is 0.349 e. The van der Waals surface area contributed by atoms with E-state index in [1.165, 1.54) is 24.5 Å². The van der Waals surface area contributed by atoms with E-state index in [4.69, 9.17) is 0 Å². The highest BCUT2D eigenvalue weighted by molar-refractivity contribution is 7.90. The van der Waals surface area contributed by atoms with Crippen molar-refractivity contribution >= 4 is 21.4 Å². The summed E-state index contributed by atoms with van der Waals surface area (Å²) in [5, 5.41) is 13.8. The van der Waals surface area contributed by atoms with Crippen LogP contribution in [-0.4, -0.2) is 61.8 Å². The number of hydrogen-bond acceptors (Lipinski definition) is 6. The number of aryl methyl sites for hydroxylation is 1. The number of likely N-dealkylation sites (tertiary alicyclic amines) is 1. The van der Waals surface area contributed by atoms with Crippen molar-refractivity contribution < 1.29 is 18.1 Å². The number of hydrogen-bond donors (Lipinski definition) is 1. The molecule has 0 saturated carbocycles. The molecule has 0 radical (unpaired) electrons. The van der Waals surface area contributed by atoms with Crippen LogP contribution in [0.5, 0.6) is 0 Å². The van der Waals surface area contributed by atoms with Crippen molar-refractivity contribution in [1.29, 1.82) is 0 Å². The van der Waals surface area contributed by atoms with Gasteiger partial charge < -0.3 is 10.2 Å². The molecule has 0 spiro atoms. The fourth-order valence-corrected chi connectivity index (χ4v) is 3.46. The molecule has 1 N–H and O–H groups in total. The number of nitrogens with one attached hydrogen (secondary N) is 1. The first-order valence-corrected chi connectivity index (χ1v) is 10.2. The van der Waals surface area contributed by atoms with Crippen LogP contribution >= 0.6 is 0 Å². The molecule has 0 aliphatic carbocycles. The fourth-order valence-electron chi connectivity index (χ4n) is 2.87. The van der Waals surface area contributed by atoms with Gasteiger partial charge in [0.1, 0.15) is 9.84 Å². The number of nitro benzene ring substituents is 1. The molecule has 25 heavy (non-hydrogen) atoms. The lowest BCUT2D eigenvalue weighted by atomic mass is 10.0. The minimum absolute atomic E-state index is 0.00395. The highest BCUT2D eigenvalue weighted by Crippen LogP contribution is 2.19. The van der Waals surface area contributed by atoms with Gasteiger partial charge in [-0.25, -0.2) is 8.42 Å². The average Bonchev–Trinajstić information content (AvgIpc) is 2.53. The van der Waals surface area contributed by atoms with Gasteiger partial charge in [-0.15, -0.1) is 0 Å². The summed E-state index contributed by atoms with van der Waals surface area (Å²) in [6, 6.07) is 4.35. The monoisotopic (exact) mass is 369 g/mol. The Balaban J connectivity index is 1.86. The molecule has 1 heterocycles. The number of carbonyl (C=O) groups is 1. The number of rotatable bonds is 6. The Labute approximate surface area is 147 Å². The molecule has 1 aliphatic rings. The standard InChI is InChI=1S/C16H23N3O5S/c1-12-11-13(3-4-15(12)19(21)22)16(20)17-14-5-7-18(8-6-14)9-10-25(2,23)24/h3-4,11,14H,5-10H2,1-2H3,(H,17,20). The fraction of sp³-hybridized carbons (Fsp3) is 0.562. The molecule has 2 rings (SSSR count). The maximum absolute atomic E-state index is 12.3. The molecule has 1 aromatic carbocycles. The van der Waals surface area contributed by atoms with Crippen molar-refractivity contribution in [3.05, 3.63) is 39.4 Å². The molecule has 1 aromatic rings. The molecular formula is C16H23N3O5S. The Morgan fingerprint density at radius 3 is 2.52 bits per heavy atom. The quantitative estimate of drug-likeness (QED) is 0.595. The number of benzene rings is 1. The van der Waals surface area contributed by atoms with Crippen molar-refractivity contribution in [3.63, 3.8) is 0 Å². The Morgan fingerprint density at radius 2 is 2.00 bits per heavy atom. The smallest absolute Gasteiger partial charge is 0.272 e. The summed E-state index contributed by atoms with van der Waals surface area (Å²) in [5.41, 5.74) is 0.853. The molecule has 1 fully saturated rings. The van der Waals surface area contributed by atoms with Gasteiger partial charge in [-0.05, 0) is 31.9 Å². The van der Waals surface area contributed by atoms with Gasteiger partial charge in [-0.1, -0.05) is 0 Å². The van der Waals surface area contributed by atoms with Crippen LogP contribution in [0.1, 0.15) is 28.8 Å². The maximum atomic E-state index is 12.3. The molecule has 0 bridgehead atoms. The van der Waals surface area contributed by atoms with Gasteiger partial charge in [0.25, 0.3) is 11.6 Å². The van der Waals surface area contributed by atoms with E-state index in [0.29, 0.717) is 17.7 Å². The zero-order valence-corrected chi connectivity index (χ0v) is 15.2. The second-order valence-corrected chi connectivity index (χ2v) is 8.74. The third kappa shape index (κ3) is 5.79. The first-order chi connectivity index (χ1) is 11.7. The van der Waals surface area contributed by atoms with Crippen molar-refractivity contribution in [2.24, 2.45) is 0 Å². The van der Waals surface area contributed by atoms with Gasteiger partial charge in [-0.2, -0.15) is 0 Å². The minimum Gasteiger partial charge on any atom is -0.349 e. The van der Waals surface area contributed by atoms with Crippen LogP contribution in [0, 0.1) is 17.0 Å². The van der Waals surface area contributed by atoms with Crippen LogP contribution in [0.15, 0.2) is 18.2 Å². The summed E-state index contributed by atoms with van der Waals surface area (Å²) >= 11 is 0. The number of nitrogens with zero attached hydrogens (tertiary/aromatic N) is 2. The number of sulfone groups is 1. The molecule has 1 amide bonds. The number of piperidine rings is 1. The van der Waals surface area contributed by atoms with Crippen LogP contribution in [0.2, 0.25) is 0 Å².